The summed E-state index contributed by atoms with van der Waals surface area (Å²) in [5.41, 5.74) is 1.27. The number of aromatic nitrogens is 2. The number of likely N-dealkylation sites (tertiary alicyclic amines) is 1. The highest BCUT2D eigenvalue weighted by molar-refractivity contribution is 7.18. The molecule has 2 N–H and O–H groups in total. The molecule has 0 saturated carbocycles. The quantitative estimate of drug-likeness (QED) is 0.906. The molecule has 3 heterocycles. The van der Waals surface area contributed by atoms with Crippen molar-refractivity contribution >= 4 is 27.4 Å². The molecule has 0 radical (unpaired) electrons. The van der Waals surface area contributed by atoms with Gasteiger partial charge in [-0.15, -0.1) is 11.3 Å². The van der Waals surface area contributed by atoms with Gasteiger partial charge in [-0.3, -0.25) is 4.90 Å². The number of hydrogen-bond acceptors (Lipinski definition) is 6. The molecule has 0 aromatic carbocycles. The van der Waals surface area contributed by atoms with Crippen LogP contribution in [0.25, 0.3) is 10.2 Å². The van der Waals surface area contributed by atoms with Crippen molar-refractivity contribution < 1.29 is 5.11 Å². The number of nitrogens with zero attached hydrogens (tertiary/aromatic N) is 3. The molecule has 1 aliphatic rings. The van der Waals surface area contributed by atoms with Gasteiger partial charge in [-0.25, -0.2) is 9.97 Å². The lowest BCUT2D eigenvalue weighted by atomic mass is 10.1. The fraction of sp³-hybridized carbons (Fsp3) is 0.600. The zero-order chi connectivity index (χ0) is 15.0. The summed E-state index contributed by atoms with van der Waals surface area (Å²) in [5.74, 6) is 2.20. The monoisotopic (exact) mass is 306 g/mol. The fourth-order valence-corrected chi connectivity index (χ4v) is 4.00. The normalized spacial score (nSPS) is 19.5. The first-order valence-corrected chi connectivity index (χ1v) is 8.21. The third-order valence-corrected chi connectivity index (χ3v) is 5.41. The number of aliphatic hydroxyl groups is 1. The van der Waals surface area contributed by atoms with Crippen LogP contribution in [0, 0.1) is 19.8 Å². The van der Waals surface area contributed by atoms with Crippen LogP contribution in [-0.4, -0.2) is 46.7 Å². The van der Waals surface area contributed by atoms with E-state index in [1.54, 1.807) is 11.3 Å². The van der Waals surface area contributed by atoms with Gasteiger partial charge in [-0.2, -0.15) is 0 Å². The van der Waals surface area contributed by atoms with Gasteiger partial charge in [0.2, 0.25) is 0 Å². The van der Waals surface area contributed by atoms with Crippen LogP contribution in [0.2, 0.25) is 0 Å². The SMILES string of the molecule is CNc1nc(CN2CCC(CO)C2)nc2sc(C)c(C)c12. The molecule has 1 atom stereocenters. The van der Waals surface area contributed by atoms with Gasteiger partial charge < -0.3 is 10.4 Å². The number of aliphatic hydroxyl groups excluding tert-OH is 1. The van der Waals surface area contributed by atoms with Crippen LogP contribution in [0.4, 0.5) is 5.82 Å². The first kappa shape index (κ1) is 14.7. The molecule has 0 spiro atoms. The number of anilines is 1. The van der Waals surface area contributed by atoms with Crippen molar-refractivity contribution in [2.24, 2.45) is 5.92 Å². The van der Waals surface area contributed by atoms with Gasteiger partial charge in [0.05, 0.1) is 11.9 Å². The molecule has 5 nitrogen and oxygen atoms in total. The molecule has 0 amide bonds. The standard InChI is InChI=1S/C15H22N4OS/c1-9-10(2)21-15-13(9)14(16-3)17-12(18-15)7-19-5-4-11(6-19)8-20/h11,20H,4-8H2,1-3H3,(H,16,17,18). The molecule has 1 fully saturated rings. The average Bonchev–Trinajstić information content (AvgIpc) is 3.04. The van der Waals surface area contributed by atoms with Gasteiger partial charge in [0.15, 0.2) is 0 Å². The Balaban J connectivity index is 1.89. The van der Waals surface area contributed by atoms with Crippen LogP contribution in [0.1, 0.15) is 22.7 Å². The van der Waals surface area contributed by atoms with Gasteiger partial charge in [0, 0.05) is 25.1 Å². The maximum absolute atomic E-state index is 9.24. The molecule has 114 valence electrons. The van der Waals surface area contributed by atoms with Gasteiger partial charge in [-0.05, 0) is 38.3 Å². The van der Waals surface area contributed by atoms with E-state index in [2.05, 4.69) is 29.0 Å². The fourth-order valence-electron chi connectivity index (χ4n) is 2.95. The predicted octanol–water partition coefficient (Wildman–Crippen LogP) is 2.16. The van der Waals surface area contributed by atoms with Gasteiger partial charge in [0.1, 0.15) is 16.5 Å². The van der Waals surface area contributed by atoms with Crippen LogP contribution >= 0.6 is 11.3 Å². The number of fused-ring (bicyclic) bond motifs is 1. The highest BCUT2D eigenvalue weighted by Crippen LogP contribution is 2.33. The lowest BCUT2D eigenvalue weighted by molar-refractivity contribution is 0.219. The van der Waals surface area contributed by atoms with Gasteiger partial charge >= 0.3 is 0 Å². The number of thiophene rings is 1. The van der Waals surface area contributed by atoms with Crippen molar-refractivity contribution in [3.8, 4) is 0 Å². The van der Waals surface area contributed by atoms with E-state index in [1.165, 1.54) is 10.4 Å². The number of rotatable bonds is 4. The lowest BCUT2D eigenvalue weighted by Crippen LogP contribution is -2.22. The summed E-state index contributed by atoms with van der Waals surface area (Å²) in [6.45, 7) is 7.26. The highest BCUT2D eigenvalue weighted by Gasteiger charge is 2.23. The Labute approximate surface area is 129 Å². The van der Waals surface area contributed by atoms with E-state index in [0.29, 0.717) is 5.92 Å². The summed E-state index contributed by atoms with van der Waals surface area (Å²) in [7, 11) is 1.91. The summed E-state index contributed by atoms with van der Waals surface area (Å²) in [6, 6.07) is 0. The smallest absolute Gasteiger partial charge is 0.146 e. The Morgan fingerprint density at radius 2 is 2.19 bits per heavy atom. The molecule has 0 bridgehead atoms. The zero-order valence-corrected chi connectivity index (χ0v) is 13.6. The number of nitrogens with one attached hydrogen (secondary N) is 1. The van der Waals surface area contributed by atoms with E-state index in [1.807, 2.05) is 7.05 Å². The van der Waals surface area contributed by atoms with Gasteiger partial charge in [0.25, 0.3) is 0 Å². The summed E-state index contributed by atoms with van der Waals surface area (Å²) in [6.07, 6.45) is 1.06. The van der Waals surface area contributed by atoms with E-state index in [4.69, 9.17) is 4.98 Å². The molecule has 1 unspecified atom stereocenters. The van der Waals surface area contributed by atoms with E-state index < -0.39 is 0 Å². The third kappa shape index (κ3) is 2.75. The molecule has 6 heteroatoms. The van der Waals surface area contributed by atoms with E-state index in [-0.39, 0.29) is 6.61 Å². The minimum Gasteiger partial charge on any atom is -0.396 e. The Hall–Kier alpha value is -1.24. The van der Waals surface area contributed by atoms with Crippen molar-refractivity contribution in [3.05, 3.63) is 16.3 Å². The van der Waals surface area contributed by atoms with Crippen LogP contribution in [0.3, 0.4) is 0 Å². The van der Waals surface area contributed by atoms with Crippen molar-refractivity contribution in [3.63, 3.8) is 0 Å². The first-order valence-electron chi connectivity index (χ1n) is 7.40. The molecular weight excluding hydrogens is 284 g/mol. The molecule has 2 aromatic rings. The molecule has 1 saturated heterocycles. The molecule has 1 aliphatic heterocycles. The summed E-state index contributed by atoms with van der Waals surface area (Å²) in [5, 5.41) is 13.6. The Morgan fingerprint density at radius 3 is 2.86 bits per heavy atom. The summed E-state index contributed by atoms with van der Waals surface area (Å²) >= 11 is 1.74. The van der Waals surface area contributed by atoms with Gasteiger partial charge in [-0.1, -0.05) is 0 Å². The maximum Gasteiger partial charge on any atom is 0.146 e. The molecule has 3 rings (SSSR count). The van der Waals surface area contributed by atoms with Crippen molar-refractivity contribution in [2.75, 3.05) is 32.1 Å². The van der Waals surface area contributed by atoms with Crippen molar-refractivity contribution in [2.45, 2.75) is 26.8 Å². The van der Waals surface area contributed by atoms with E-state index >= 15 is 0 Å². The van der Waals surface area contributed by atoms with Crippen LogP contribution < -0.4 is 5.32 Å². The second-order valence-electron chi connectivity index (χ2n) is 5.77. The average molecular weight is 306 g/mol. The van der Waals surface area contributed by atoms with Crippen molar-refractivity contribution in [1.82, 2.24) is 14.9 Å². The second kappa shape index (κ2) is 5.87. The molecular formula is C15H22N4OS. The second-order valence-corrected chi connectivity index (χ2v) is 6.98. The topological polar surface area (TPSA) is 61.3 Å². The molecule has 2 aromatic heterocycles. The van der Waals surface area contributed by atoms with Crippen LogP contribution in [0.15, 0.2) is 0 Å². The first-order chi connectivity index (χ1) is 10.1. The Kier molecular flexibility index (Phi) is 4.10. The predicted molar refractivity (Wildman–Crippen MR) is 86.9 cm³/mol. The number of aryl methyl sites for hydroxylation is 2. The minimum absolute atomic E-state index is 0.279. The van der Waals surface area contributed by atoms with Crippen molar-refractivity contribution in [1.29, 1.82) is 0 Å². The van der Waals surface area contributed by atoms with E-state index in [0.717, 1.165) is 47.9 Å². The molecule has 0 aliphatic carbocycles. The third-order valence-electron chi connectivity index (χ3n) is 4.30. The summed E-state index contributed by atoms with van der Waals surface area (Å²) < 4.78 is 0. The van der Waals surface area contributed by atoms with Crippen LogP contribution in [-0.2, 0) is 6.54 Å². The lowest BCUT2D eigenvalue weighted by Gasteiger charge is -2.15. The highest BCUT2D eigenvalue weighted by atomic mass is 32.1. The zero-order valence-electron chi connectivity index (χ0n) is 12.8. The largest absolute Gasteiger partial charge is 0.396 e. The Morgan fingerprint density at radius 1 is 1.38 bits per heavy atom. The van der Waals surface area contributed by atoms with E-state index in [9.17, 15) is 5.11 Å². The summed E-state index contributed by atoms with van der Waals surface area (Å²) in [4.78, 5) is 14.1. The Bertz CT molecular complexity index is 655. The number of hydrogen-bond donors (Lipinski definition) is 2. The molecule has 21 heavy (non-hydrogen) atoms. The maximum atomic E-state index is 9.24. The minimum atomic E-state index is 0.279. The van der Waals surface area contributed by atoms with Crippen LogP contribution in [0.5, 0.6) is 0 Å².